The minimum absolute atomic E-state index is 0.120. The molecule has 2 atom stereocenters. The van der Waals surface area contributed by atoms with Crippen LogP contribution in [0.4, 0.5) is 0 Å². The summed E-state index contributed by atoms with van der Waals surface area (Å²) in [6, 6.07) is 0. The summed E-state index contributed by atoms with van der Waals surface area (Å²) in [4.78, 5) is 38.6. The highest BCUT2D eigenvalue weighted by Gasteiger charge is 2.46. The normalized spacial score (nSPS) is 29.6. The van der Waals surface area contributed by atoms with Crippen molar-refractivity contribution in [3.63, 3.8) is 0 Å². The maximum absolute atomic E-state index is 12.5. The van der Waals surface area contributed by atoms with Crippen molar-refractivity contribution < 1.29 is 24.2 Å². The number of likely N-dealkylation sites (N-methyl/N-ethyl adjacent to an activating group) is 1. The van der Waals surface area contributed by atoms with E-state index < -0.39 is 23.7 Å². The van der Waals surface area contributed by atoms with Gasteiger partial charge in [-0.3, -0.25) is 9.59 Å². The lowest BCUT2D eigenvalue weighted by molar-refractivity contribution is -0.166. The highest BCUT2D eigenvalue weighted by molar-refractivity contribution is 5.93. The Morgan fingerprint density at radius 2 is 1.85 bits per heavy atom. The Morgan fingerprint density at radius 1 is 1.25 bits per heavy atom. The lowest BCUT2D eigenvalue weighted by Crippen LogP contribution is -2.65. The second-order valence-corrected chi connectivity index (χ2v) is 5.80. The van der Waals surface area contributed by atoms with Gasteiger partial charge in [0.15, 0.2) is 6.10 Å². The summed E-state index contributed by atoms with van der Waals surface area (Å²) in [6.07, 6.45) is -0.970. The van der Waals surface area contributed by atoms with Gasteiger partial charge in [0.2, 0.25) is 5.91 Å². The molecule has 0 aromatic carbocycles. The third-order valence-electron chi connectivity index (χ3n) is 4.04. The predicted molar refractivity (Wildman–Crippen MR) is 69.0 cm³/mol. The van der Waals surface area contributed by atoms with E-state index in [0.717, 1.165) is 0 Å². The van der Waals surface area contributed by atoms with Crippen LogP contribution >= 0.6 is 0 Å². The first-order chi connectivity index (χ1) is 9.25. The molecule has 0 aliphatic carbocycles. The molecule has 0 aromatic rings. The van der Waals surface area contributed by atoms with Crippen LogP contribution < -0.4 is 0 Å². The van der Waals surface area contributed by atoms with Crippen LogP contribution in [0.15, 0.2) is 0 Å². The average Bonchev–Trinajstić information content (AvgIpc) is 2.85. The monoisotopic (exact) mass is 284 g/mol. The summed E-state index contributed by atoms with van der Waals surface area (Å²) in [5, 5.41) is 8.89. The lowest BCUT2D eigenvalue weighted by Gasteiger charge is -2.45. The predicted octanol–water partition coefficient (Wildman–Crippen LogP) is -0.302. The first-order valence-corrected chi connectivity index (χ1v) is 6.70. The number of piperazine rings is 1. The Bertz CT molecular complexity index is 448. The summed E-state index contributed by atoms with van der Waals surface area (Å²) in [7, 11) is 1.71. The number of carboxylic acids is 1. The highest BCUT2D eigenvalue weighted by atomic mass is 16.5. The zero-order chi connectivity index (χ0) is 15.1. The molecule has 7 nitrogen and oxygen atoms in total. The zero-order valence-electron chi connectivity index (χ0n) is 12.0. The van der Waals surface area contributed by atoms with Crippen LogP contribution in [0.1, 0.15) is 26.7 Å². The van der Waals surface area contributed by atoms with Gasteiger partial charge in [-0.2, -0.15) is 0 Å². The van der Waals surface area contributed by atoms with Gasteiger partial charge in [-0.05, 0) is 26.7 Å². The quantitative estimate of drug-likeness (QED) is 0.752. The minimum Gasteiger partial charge on any atom is -0.479 e. The van der Waals surface area contributed by atoms with Crippen molar-refractivity contribution in [3.05, 3.63) is 0 Å². The van der Waals surface area contributed by atoms with E-state index in [1.165, 1.54) is 4.90 Å². The number of carbonyl (C=O) groups is 3. The van der Waals surface area contributed by atoms with Crippen molar-refractivity contribution in [1.29, 1.82) is 0 Å². The molecule has 2 amide bonds. The minimum atomic E-state index is -1.05. The van der Waals surface area contributed by atoms with Gasteiger partial charge in [0.1, 0.15) is 11.6 Å². The Labute approximate surface area is 117 Å². The van der Waals surface area contributed by atoms with Crippen LogP contribution in [-0.4, -0.2) is 70.6 Å². The molecule has 2 aliphatic heterocycles. The van der Waals surface area contributed by atoms with E-state index in [0.29, 0.717) is 25.9 Å². The number of rotatable bonds is 2. The molecule has 0 radical (unpaired) electrons. The van der Waals surface area contributed by atoms with Gasteiger partial charge in [0.05, 0.1) is 0 Å². The molecule has 0 bridgehead atoms. The molecule has 2 aliphatic rings. The third-order valence-corrected chi connectivity index (χ3v) is 4.04. The number of hydrogen-bond acceptors (Lipinski definition) is 4. The van der Waals surface area contributed by atoms with E-state index in [-0.39, 0.29) is 11.8 Å². The smallest absolute Gasteiger partial charge is 0.332 e. The summed E-state index contributed by atoms with van der Waals surface area (Å²) in [5.74, 6) is -1.46. The zero-order valence-corrected chi connectivity index (χ0v) is 12.0. The van der Waals surface area contributed by atoms with Gasteiger partial charge < -0.3 is 19.6 Å². The SMILES string of the molecule is CN1CCN(C(=O)[C@@H]2CC[C@H](C(=O)O)O2)C(C)(C)C1=O. The van der Waals surface area contributed by atoms with Crippen LogP contribution in [0.3, 0.4) is 0 Å². The highest BCUT2D eigenvalue weighted by Crippen LogP contribution is 2.27. The molecule has 20 heavy (non-hydrogen) atoms. The summed E-state index contributed by atoms with van der Waals surface area (Å²) in [5.41, 5.74) is -0.922. The van der Waals surface area contributed by atoms with Gasteiger partial charge in [-0.15, -0.1) is 0 Å². The second kappa shape index (κ2) is 5.05. The Kier molecular flexibility index (Phi) is 3.73. The molecule has 0 aromatic heterocycles. The number of ether oxygens (including phenoxy) is 1. The summed E-state index contributed by atoms with van der Waals surface area (Å²) in [6.45, 7) is 4.31. The molecule has 2 saturated heterocycles. The number of carboxylic acid groups (broad SMARTS) is 1. The van der Waals surface area contributed by atoms with Gasteiger partial charge in [-0.1, -0.05) is 0 Å². The van der Waals surface area contributed by atoms with Crippen molar-refractivity contribution in [2.24, 2.45) is 0 Å². The molecular formula is C13H20N2O5. The Balaban J connectivity index is 2.10. The first-order valence-electron chi connectivity index (χ1n) is 6.70. The fourth-order valence-corrected chi connectivity index (χ4v) is 2.77. The number of nitrogens with zero attached hydrogens (tertiary/aromatic N) is 2. The number of amides is 2. The average molecular weight is 284 g/mol. The first kappa shape index (κ1) is 14.8. The van der Waals surface area contributed by atoms with E-state index in [2.05, 4.69) is 0 Å². The fourth-order valence-electron chi connectivity index (χ4n) is 2.77. The van der Waals surface area contributed by atoms with E-state index in [9.17, 15) is 14.4 Å². The molecule has 112 valence electrons. The van der Waals surface area contributed by atoms with Crippen LogP contribution in [0.2, 0.25) is 0 Å². The van der Waals surface area contributed by atoms with Crippen molar-refractivity contribution in [1.82, 2.24) is 9.80 Å². The molecular weight excluding hydrogens is 264 g/mol. The lowest BCUT2D eigenvalue weighted by atomic mass is 9.96. The fraction of sp³-hybridized carbons (Fsp3) is 0.769. The topological polar surface area (TPSA) is 87.2 Å². The van der Waals surface area contributed by atoms with Crippen molar-refractivity contribution in [3.8, 4) is 0 Å². The summed E-state index contributed by atoms with van der Waals surface area (Å²) >= 11 is 0. The Hall–Kier alpha value is -1.63. The van der Waals surface area contributed by atoms with Crippen molar-refractivity contribution >= 4 is 17.8 Å². The number of aliphatic carboxylic acids is 1. The maximum atomic E-state index is 12.5. The van der Waals surface area contributed by atoms with Crippen LogP contribution in [0.5, 0.6) is 0 Å². The molecule has 2 fully saturated rings. The molecule has 7 heteroatoms. The van der Waals surface area contributed by atoms with Crippen molar-refractivity contribution in [2.75, 3.05) is 20.1 Å². The molecule has 1 N–H and O–H groups in total. The molecule has 2 heterocycles. The van der Waals surface area contributed by atoms with Gasteiger partial charge in [0.25, 0.3) is 5.91 Å². The number of hydrogen-bond donors (Lipinski definition) is 1. The van der Waals surface area contributed by atoms with E-state index in [1.54, 1.807) is 25.8 Å². The van der Waals surface area contributed by atoms with Gasteiger partial charge in [0, 0.05) is 20.1 Å². The molecule has 0 unspecified atom stereocenters. The molecule has 0 spiro atoms. The third kappa shape index (κ3) is 2.37. The van der Waals surface area contributed by atoms with Gasteiger partial charge in [-0.25, -0.2) is 4.79 Å². The standard InChI is InChI=1S/C13H20N2O5/c1-13(2)12(19)14(3)6-7-15(13)10(16)8-4-5-9(20-8)11(17)18/h8-9H,4-7H2,1-3H3,(H,17,18)/t8-,9+/m0/s1. The van der Waals surface area contributed by atoms with Crippen LogP contribution in [0.25, 0.3) is 0 Å². The number of carbonyl (C=O) groups excluding carboxylic acids is 2. The Morgan fingerprint density at radius 3 is 2.40 bits per heavy atom. The van der Waals surface area contributed by atoms with Crippen molar-refractivity contribution in [2.45, 2.75) is 44.4 Å². The largest absolute Gasteiger partial charge is 0.479 e. The summed E-state index contributed by atoms with van der Waals surface area (Å²) < 4.78 is 5.28. The molecule has 0 saturated carbocycles. The van der Waals surface area contributed by atoms with E-state index in [1.807, 2.05) is 0 Å². The van der Waals surface area contributed by atoms with Crippen LogP contribution in [-0.2, 0) is 19.1 Å². The molecule has 2 rings (SSSR count). The second-order valence-electron chi connectivity index (χ2n) is 5.80. The maximum Gasteiger partial charge on any atom is 0.332 e. The van der Waals surface area contributed by atoms with E-state index in [4.69, 9.17) is 9.84 Å². The van der Waals surface area contributed by atoms with E-state index >= 15 is 0 Å². The van der Waals surface area contributed by atoms with Gasteiger partial charge >= 0.3 is 5.97 Å². The van der Waals surface area contributed by atoms with Crippen LogP contribution in [0, 0.1) is 0 Å².